The zero-order valence-corrected chi connectivity index (χ0v) is 31.9. The minimum atomic E-state index is -3.92. The smallest absolute Gasteiger partial charge is 0.405 e. The number of benzene rings is 2. The molecular weight excluding hydrogens is 727 g/mol. The first kappa shape index (κ1) is 38.1. The molecule has 0 spiro atoms. The molecule has 3 heterocycles. The van der Waals surface area contributed by atoms with Gasteiger partial charge in [-0.05, 0) is 80.0 Å². The van der Waals surface area contributed by atoms with Crippen molar-refractivity contribution in [3.63, 3.8) is 0 Å². The van der Waals surface area contributed by atoms with Gasteiger partial charge in [0.05, 0.1) is 24.6 Å². The Labute approximate surface area is 320 Å². The molecule has 4 amide bonds. The first-order valence-corrected chi connectivity index (χ1v) is 20.4. The lowest BCUT2D eigenvalue weighted by atomic mass is 9.88. The van der Waals surface area contributed by atoms with E-state index in [1.165, 1.54) is 4.90 Å². The van der Waals surface area contributed by atoms with Gasteiger partial charge in [-0.25, -0.2) is 18.2 Å². The second-order valence-electron chi connectivity index (χ2n) is 15.4. The number of amides is 4. The summed E-state index contributed by atoms with van der Waals surface area (Å²) in [5.74, 6) is -1.93. The van der Waals surface area contributed by atoms with Gasteiger partial charge >= 0.3 is 6.09 Å². The van der Waals surface area contributed by atoms with Gasteiger partial charge in [0.2, 0.25) is 27.7 Å². The van der Waals surface area contributed by atoms with E-state index in [0.717, 1.165) is 17.4 Å². The van der Waals surface area contributed by atoms with E-state index in [9.17, 15) is 32.7 Å². The maximum atomic E-state index is 14.5. The van der Waals surface area contributed by atoms with Gasteiger partial charge in [0.1, 0.15) is 29.5 Å². The Hall–Kier alpha value is -5.18. The van der Waals surface area contributed by atoms with Gasteiger partial charge in [-0.3, -0.25) is 19.1 Å². The highest BCUT2D eigenvalue weighted by Gasteiger charge is 2.62. The second-order valence-corrected chi connectivity index (χ2v) is 17.4. The van der Waals surface area contributed by atoms with Gasteiger partial charge in [-0.15, -0.1) is 0 Å². The fourth-order valence-corrected chi connectivity index (χ4v) is 9.33. The van der Waals surface area contributed by atoms with Crippen LogP contribution in [0.2, 0.25) is 0 Å². The molecular formula is C40H47N5O9S. The second kappa shape index (κ2) is 15.2. The van der Waals surface area contributed by atoms with Crippen molar-refractivity contribution in [2.45, 2.75) is 87.8 Å². The molecule has 1 saturated heterocycles. The fourth-order valence-electron chi connectivity index (χ4n) is 7.97. The van der Waals surface area contributed by atoms with Crippen molar-refractivity contribution >= 4 is 44.6 Å². The number of pyridine rings is 1. The van der Waals surface area contributed by atoms with Crippen molar-refractivity contribution in [3.8, 4) is 22.9 Å². The van der Waals surface area contributed by atoms with Gasteiger partial charge in [0.15, 0.2) is 0 Å². The molecule has 3 aromatic rings. The quantitative estimate of drug-likeness (QED) is 0.239. The van der Waals surface area contributed by atoms with Crippen LogP contribution in [0.1, 0.15) is 58.8 Å². The van der Waals surface area contributed by atoms with E-state index in [2.05, 4.69) is 15.4 Å². The number of nitrogens with zero attached hydrogens (tertiary/aromatic N) is 2. The minimum absolute atomic E-state index is 0.00435. The first-order valence-electron chi connectivity index (χ1n) is 18.8. The van der Waals surface area contributed by atoms with Crippen LogP contribution in [-0.2, 0) is 24.4 Å². The normalized spacial score (nSPS) is 28.5. The highest BCUT2D eigenvalue weighted by molar-refractivity contribution is 7.91. The molecule has 4 aliphatic rings. The number of hydrogen-bond acceptors (Lipinski definition) is 9. The molecule has 15 heteroatoms. The van der Waals surface area contributed by atoms with Crippen molar-refractivity contribution in [2.75, 3.05) is 13.7 Å². The molecule has 4 N–H and O–H groups in total. The number of sulfonamides is 1. The van der Waals surface area contributed by atoms with Crippen LogP contribution in [0.3, 0.4) is 0 Å². The Morgan fingerprint density at radius 2 is 1.80 bits per heavy atom. The summed E-state index contributed by atoms with van der Waals surface area (Å²) in [5.41, 5.74) is -0.0626. The zero-order chi connectivity index (χ0) is 39.1. The maximum Gasteiger partial charge on any atom is 0.405 e. The number of carboxylic acid groups (broad SMARTS) is 1. The Morgan fingerprint density at radius 3 is 2.51 bits per heavy atom. The lowest BCUT2D eigenvalue weighted by Gasteiger charge is -2.32. The highest BCUT2D eigenvalue weighted by Crippen LogP contribution is 2.46. The van der Waals surface area contributed by atoms with Gasteiger partial charge in [-0.2, -0.15) is 0 Å². The van der Waals surface area contributed by atoms with Crippen LogP contribution in [0, 0.1) is 17.8 Å². The van der Waals surface area contributed by atoms with Crippen molar-refractivity contribution in [1.82, 2.24) is 25.2 Å². The van der Waals surface area contributed by atoms with E-state index in [-0.39, 0.29) is 31.2 Å². The molecule has 2 aliphatic carbocycles. The number of aromatic nitrogens is 1. The molecule has 55 heavy (non-hydrogen) atoms. The fraction of sp³-hybridized carbons (Fsp3) is 0.475. The third kappa shape index (κ3) is 8.12. The molecule has 2 aliphatic heterocycles. The number of hydrogen-bond donors (Lipinski definition) is 4. The van der Waals surface area contributed by atoms with Crippen molar-refractivity contribution in [2.24, 2.45) is 17.8 Å². The van der Waals surface area contributed by atoms with Crippen LogP contribution in [0.5, 0.6) is 11.6 Å². The van der Waals surface area contributed by atoms with Gasteiger partial charge < -0.3 is 30.1 Å². The van der Waals surface area contributed by atoms with Crippen molar-refractivity contribution < 1.29 is 42.2 Å². The molecule has 292 valence electrons. The van der Waals surface area contributed by atoms with Crippen LogP contribution < -0.4 is 24.8 Å². The molecule has 2 saturated carbocycles. The van der Waals surface area contributed by atoms with Gasteiger partial charge in [0, 0.05) is 23.3 Å². The Kier molecular flexibility index (Phi) is 10.5. The third-order valence-electron chi connectivity index (χ3n) is 11.2. The van der Waals surface area contributed by atoms with Crippen LogP contribution in [0.4, 0.5) is 4.79 Å². The monoisotopic (exact) mass is 773 g/mol. The zero-order valence-electron chi connectivity index (χ0n) is 31.1. The summed E-state index contributed by atoms with van der Waals surface area (Å²) in [6.07, 6.45) is 4.66. The lowest BCUT2D eigenvalue weighted by Crippen LogP contribution is -2.59. The van der Waals surface area contributed by atoms with Crippen LogP contribution in [0.25, 0.3) is 22.0 Å². The average molecular weight is 774 g/mol. The molecule has 2 aromatic carbocycles. The molecule has 3 fully saturated rings. The van der Waals surface area contributed by atoms with E-state index in [1.807, 2.05) is 74.5 Å². The predicted octanol–water partition coefficient (Wildman–Crippen LogP) is 4.39. The number of fused-ring (bicyclic) bond motifs is 3. The van der Waals surface area contributed by atoms with E-state index < -0.39 is 74.7 Å². The number of allylic oxidation sites excluding steroid dienone is 1. The Bertz CT molecular complexity index is 2130. The number of rotatable bonds is 8. The van der Waals surface area contributed by atoms with Crippen LogP contribution in [0.15, 0.2) is 66.7 Å². The lowest BCUT2D eigenvalue weighted by molar-refractivity contribution is -0.142. The largest absolute Gasteiger partial charge is 0.497 e. The van der Waals surface area contributed by atoms with E-state index in [0.29, 0.717) is 42.5 Å². The SMILES string of the molecule is COc1ccc2c(O[C@@H]3C[C@H]4C(=O)N[C@]5(C(=O)NS(=O)(=O)C6CC6)C[C@H]5C=CCC[C@H](C)C[C@@H](C)[C@H](NC(=O)O)C(=O)N4C3)nc(-c3ccccc3)cc2c1. The first-order chi connectivity index (χ1) is 26.3. The summed E-state index contributed by atoms with van der Waals surface area (Å²) >= 11 is 0. The van der Waals surface area contributed by atoms with Gasteiger partial charge in [-0.1, -0.05) is 56.3 Å². The average Bonchev–Trinajstić information content (AvgIpc) is 4.08. The highest BCUT2D eigenvalue weighted by atomic mass is 32.2. The third-order valence-corrected chi connectivity index (χ3v) is 13.1. The topological polar surface area (TPSA) is 193 Å². The van der Waals surface area contributed by atoms with E-state index >= 15 is 0 Å². The van der Waals surface area contributed by atoms with Crippen LogP contribution in [-0.4, -0.2) is 89.9 Å². The molecule has 0 bridgehead atoms. The number of carbonyl (C=O) groups excluding carboxylic acids is 3. The summed E-state index contributed by atoms with van der Waals surface area (Å²) in [6, 6.07) is 14.6. The van der Waals surface area contributed by atoms with E-state index in [1.54, 1.807) is 13.2 Å². The number of methoxy groups -OCH3 is 1. The maximum absolute atomic E-state index is 14.5. The molecule has 7 rings (SSSR count). The Morgan fingerprint density at radius 1 is 1.04 bits per heavy atom. The van der Waals surface area contributed by atoms with Crippen molar-refractivity contribution in [3.05, 3.63) is 66.7 Å². The summed E-state index contributed by atoms with van der Waals surface area (Å²) in [7, 11) is -2.34. The molecule has 0 unspecified atom stereocenters. The number of carbonyl (C=O) groups is 4. The van der Waals surface area contributed by atoms with Crippen molar-refractivity contribution in [1.29, 1.82) is 0 Å². The summed E-state index contributed by atoms with van der Waals surface area (Å²) in [4.78, 5) is 61.0. The minimum Gasteiger partial charge on any atom is -0.497 e. The Balaban J connectivity index is 1.25. The molecule has 7 atom stereocenters. The van der Waals surface area contributed by atoms with Gasteiger partial charge in [0.25, 0.3) is 5.91 Å². The summed E-state index contributed by atoms with van der Waals surface area (Å²) < 4.78 is 40.0. The predicted molar refractivity (Wildman–Crippen MR) is 204 cm³/mol. The molecule has 14 nitrogen and oxygen atoms in total. The molecule has 0 radical (unpaired) electrons. The van der Waals surface area contributed by atoms with Crippen LogP contribution >= 0.6 is 0 Å². The summed E-state index contributed by atoms with van der Waals surface area (Å²) in [5, 5.41) is 15.9. The molecule has 1 aromatic heterocycles. The number of ether oxygens (including phenoxy) is 2. The standard InChI is InChI=1S/C40H47N5O9S/c1-23-9-7-8-12-27-21-40(27,38(48)44-55(51,52)30-14-15-30)43-35(46)33-20-29(22-45(33)37(47)34(24(2)17-23)42-39(49)50)54-36-31-16-13-28(53-3)18-26(31)19-32(41-36)25-10-5-4-6-11-25/h4-6,8,10-13,16,18-19,23-24,27,29-30,33-34,42H,7,9,14-15,17,20-22H2,1-3H3,(H,43,46)(H,44,48)(H,49,50)/t23-,24+,27+,29+,33-,34-,40+/m0/s1. The summed E-state index contributed by atoms with van der Waals surface area (Å²) in [6.45, 7) is 3.77. The van der Waals surface area contributed by atoms with E-state index in [4.69, 9.17) is 14.5 Å². The number of nitrogens with one attached hydrogen (secondary N) is 3.